The van der Waals surface area contributed by atoms with Gasteiger partial charge in [-0.05, 0) is 17.2 Å². The van der Waals surface area contributed by atoms with Crippen LogP contribution < -0.4 is 0 Å². The molecular formula is C10H9ClO4. The van der Waals surface area contributed by atoms with Gasteiger partial charge in [-0.3, -0.25) is 9.59 Å². The van der Waals surface area contributed by atoms with Gasteiger partial charge < -0.3 is 10.2 Å². The second kappa shape index (κ2) is 4.79. The fourth-order valence-electron chi connectivity index (χ4n) is 1.28. The molecule has 0 radical (unpaired) electrons. The fraction of sp³-hybridized carbons (Fsp3) is 0.200. The number of carboxylic acids is 2. The van der Waals surface area contributed by atoms with Gasteiger partial charge in [0.15, 0.2) is 0 Å². The molecule has 0 aliphatic rings. The van der Waals surface area contributed by atoms with E-state index in [1.54, 1.807) is 18.2 Å². The monoisotopic (exact) mass is 228 g/mol. The van der Waals surface area contributed by atoms with Gasteiger partial charge in [-0.2, -0.15) is 0 Å². The van der Waals surface area contributed by atoms with E-state index in [1.807, 2.05) is 0 Å². The lowest BCUT2D eigenvalue weighted by Crippen LogP contribution is -2.08. The van der Waals surface area contributed by atoms with Crippen molar-refractivity contribution in [2.45, 2.75) is 12.8 Å². The van der Waals surface area contributed by atoms with Crippen LogP contribution in [-0.4, -0.2) is 22.2 Å². The van der Waals surface area contributed by atoms with E-state index in [9.17, 15) is 9.59 Å². The van der Waals surface area contributed by atoms with Crippen LogP contribution in [0.25, 0.3) is 0 Å². The molecule has 0 spiro atoms. The molecule has 1 rings (SSSR count). The number of rotatable bonds is 4. The number of benzene rings is 1. The van der Waals surface area contributed by atoms with Crippen LogP contribution in [-0.2, 0) is 22.4 Å². The summed E-state index contributed by atoms with van der Waals surface area (Å²) in [6, 6.07) is 4.72. The maximum absolute atomic E-state index is 10.6. The Kier molecular flexibility index (Phi) is 3.68. The number of carboxylic acid groups (broad SMARTS) is 2. The third-order valence-electron chi connectivity index (χ3n) is 1.89. The molecule has 0 heterocycles. The van der Waals surface area contributed by atoms with Gasteiger partial charge in [0.05, 0.1) is 12.8 Å². The summed E-state index contributed by atoms with van der Waals surface area (Å²) in [5.41, 5.74) is 0.812. The normalized spacial score (nSPS) is 9.93. The molecule has 0 saturated carbocycles. The van der Waals surface area contributed by atoms with Crippen LogP contribution in [0.15, 0.2) is 18.2 Å². The predicted molar refractivity (Wildman–Crippen MR) is 54.1 cm³/mol. The Morgan fingerprint density at radius 2 is 1.73 bits per heavy atom. The van der Waals surface area contributed by atoms with Gasteiger partial charge in [0, 0.05) is 5.02 Å². The van der Waals surface area contributed by atoms with Gasteiger partial charge in [0.2, 0.25) is 0 Å². The standard InChI is InChI=1S/C10H9ClO4/c11-8-3-1-2-6(4-9(12)13)7(8)5-10(14)15/h1-3H,4-5H2,(H,12,13)(H,14,15). The lowest BCUT2D eigenvalue weighted by atomic mass is 10.0. The zero-order valence-electron chi connectivity index (χ0n) is 7.74. The first-order valence-electron chi connectivity index (χ1n) is 4.20. The summed E-state index contributed by atoms with van der Waals surface area (Å²) in [6.45, 7) is 0. The average molecular weight is 229 g/mol. The predicted octanol–water partition coefficient (Wildman–Crippen LogP) is 1.59. The highest BCUT2D eigenvalue weighted by atomic mass is 35.5. The van der Waals surface area contributed by atoms with Gasteiger partial charge >= 0.3 is 11.9 Å². The summed E-state index contributed by atoms with van der Waals surface area (Å²) in [7, 11) is 0. The smallest absolute Gasteiger partial charge is 0.307 e. The first-order chi connectivity index (χ1) is 7.00. The van der Waals surface area contributed by atoms with E-state index in [0.717, 1.165) is 0 Å². The Bertz CT molecular complexity index is 400. The Labute approximate surface area is 91.1 Å². The molecule has 2 N–H and O–H groups in total. The SMILES string of the molecule is O=C(O)Cc1cccc(Cl)c1CC(=O)O. The Morgan fingerprint density at radius 3 is 2.27 bits per heavy atom. The highest BCUT2D eigenvalue weighted by molar-refractivity contribution is 6.31. The minimum Gasteiger partial charge on any atom is -0.481 e. The zero-order chi connectivity index (χ0) is 11.4. The molecule has 0 amide bonds. The van der Waals surface area contributed by atoms with Gasteiger partial charge in [-0.25, -0.2) is 0 Å². The third kappa shape index (κ3) is 3.25. The topological polar surface area (TPSA) is 74.6 Å². The van der Waals surface area contributed by atoms with Crippen molar-refractivity contribution in [1.29, 1.82) is 0 Å². The van der Waals surface area contributed by atoms with Gasteiger partial charge in [0.1, 0.15) is 0 Å². The van der Waals surface area contributed by atoms with Crippen LogP contribution in [0.4, 0.5) is 0 Å². The van der Waals surface area contributed by atoms with Crippen molar-refractivity contribution < 1.29 is 19.8 Å². The van der Waals surface area contributed by atoms with E-state index in [2.05, 4.69) is 0 Å². The van der Waals surface area contributed by atoms with Crippen LogP contribution in [0.5, 0.6) is 0 Å². The van der Waals surface area contributed by atoms with Crippen molar-refractivity contribution in [2.75, 3.05) is 0 Å². The molecule has 4 nitrogen and oxygen atoms in total. The molecule has 0 aliphatic carbocycles. The molecule has 0 aliphatic heterocycles. The van der Waals surface area contributed by atoms with E-state index >= 15 is 0 Å². The molecule has 0 bridgehead atoms. The van der Waals surface area contributed by atoms with Crippen molar-refractivity contribution in [3.05, 3.63) is 34.3 Å². The molecule has 80 valence electrons. The summed E-state index contributed by atoms with van der Waals surface area (Å²) in [6.07, 6.45) is -0.481. The van der Waals surface area contributed by atoms with E-state index in [4.69, 9.17) is 21.8 Å². The van der Waals surface area contributed by atoms with Gasteiger partial charge in [-0.1, -0.05) is 23.7 Å². The van der Waals surface area contributed by atoms with Crippen LogP contribution >= 0.6 is 11.6 Å². The van der Waals surface area contributed by atoms with Crippen molar-refractivity contribution in [3.63, 3.8) is 0 Å². The molecular weight excluding hydrogens is 220 g/mol. The van der Waals surface area contributed by atoms with E-state index in [-0.39, 0.29) is 17.9 Å². The van der Waals surface area contributed by atoms with Crippen molar-refractivity contribution in [3.8, 4) is 0 Å². The second-order valence-electron chi connectivity index (χ2n) is 3.02. The van der Waals surface area contributed by atoms with Crippen molar-refractivity contribution >= 4 is 23.5 Å². The van der Waals surface area contributed by atoms with Crippen molar-refractivity contribution in [1.82, 2.24) is 0 Å². The Hall–Kier alpha value is -1.55. The third-order valence-corrected chi connectivity index (χ3v) is 2.24. The number of halogens is 1. The molecule has 5 heteroatoms. The van der Waals surface area contributed by atoms with Gasteiger partial charge in [-0.15, -0.1) is 0 Å². The molecule has 0 atom stereocenters. The molecule has 1 aromatic rings. The number of aliphatic carboxylic acids is 2. The minimum atomic E-state index is -1.03. The maximum Gasteiger partial charge on any atom is 0.307 e. The first-order valence-corrected chi connectivity index (χ1v) is 4.58. The number of hydrogen-bond acceptors (Lipinski definition) is 2. The molecule has 0 unspecified atom stereocenters. The van der Waals surface area contributed by atoms with Gasteiger partial charge in [0.25, 0.3) is 0 Å². The molecule has 1 aromatic carbocycles. The minimum absolute atomic E-state index is 0.219. The molecule has 0 fully saturated rings. The Morgan fingerprint density at radius 1 is 1.13 bits per heavy atom. The largest absolute Gasteiger partial charge is 0.481 e. The summed E-state index contributed by atoms with van der Waals surface area (Å²) < 4.78 is 0. The summed E-state index contributed by atoms with van der Waals surface area (Å²) in [5, 5.41) is 17.6. The van der Waals surface area contributed by atoms with Crippen LogP contribution in [0.2, 0.25) is 5.02 Å². The maximum atomic E-state index is 10.6. The molecule has 15 heavy (non-hydrogen) atoms. The lowest BCUT2D eigenvalue weighted by molar-refractivity contribution is -0.137. The van der Waals surface area contributed by atoms with E-state index in [0.29, 0.717) is 11.1 Å². The lowest BCUT2D eigenvalue weighted by Gasteiger charge is -2.07. The summed E-state index contributed by atoms with van der Waals surface area (Å²) in [5.74, 6) is -2.04. The Balaban J connectivity index is 3.08. The number of hydrogen-bond donors (Lipinski definition) is 2. The quantitative estimate of drug-likeness (QED) is 0.821. The highest BCUT2D eigenvalue weighted by Crippen LogP contribution is 2.21. The summed E-state index contributed by atoms with van der Waals surface area (Å²) >= 11 is 5.80. The van der Waals surface area contributed by atoms with E-state index in [1.165, 1.54) is 0 Å². The van der Waals surface area contributed by atoms with Crippen LogP contribution in [0.1, 0.15) is 11.1 Å². The fourth-order valence-corrected chi connectivity index (χ4v) is 1.54. The van der Waals surface area contributed by atoms with E-state index < -0.39 is 11.9 Å². The van der Waals surface area contributed by atoms with Crippen molar-refractivity contribution in [2.24, 2.45) is 0 Å². The summed E-state index contributed by atoms with van der Waals surface area (Å²) in [4.78, 5) is 21.1. The second-order valence-corrected chi connectivity index (χ2v) is 3.43. The molecule has 0 aromatic heterocycles. The first kappa shape index (κ1) is 11.5. The van der Waals surface area contributed by atoms with Crippen LogP contribution in [0, 0.1) is 0 Å². The number of carbonyl (C=O) groups is 2. The average Bonchev–Trinajstić information content (AvgIpc) is 2.09. The zero-order valence-corrected chi connectivity index (χ0v) is 8.49. The highest BCUT2D eigenvalue weighted by Gasteiger charge is 2.12. The molecule has 0 saturated heterocycles. The van der Waals surface area contributed by atoms with Crippen LogP contribution in [0.3, 0.4) is 0 Å².